The minimum atomic E-state index is -0.0371. The number of benzene rings is 2. The third-order valence-electron chi connectivity index (χ3n) is 5.32. The average Bonchev–Trinajstić information content (AvgIpc) is 3.16. The largest absolute Gasteiger partial charge is 0.322 e. The molecule has 0 aliphatic carbocycles. The van der Waals surface area contributed by atoms with E-state index in [0.29, 0.717) is 0 Å². The fraction of sp³-hybridized carbons (Fsp3) is 0.364. The molecule has 2 heterocycles. The molecule has 6 nitrogen and oxygen atoms in total. The summed E-state index contributed by atoms with van der Waals surface area (Å²) in [5.74, 6) is 0. The Morgan fingerprint density at radius 1 is 1.21 bits per heavy atom. The molecule has 0 radical (unpaired) electrons. The second-order valence-electron chi connectivity index (χ2n) is 7.79. The molecule has 146 valence electrons. The Hall–Kier alpha value is -2.86. The number of rotatable bonds is 4. The molecule has 2 aromatic carbocycles. The van der Waals surface area contributed by atoms with Gasteiger partial charge < -0.3 is 15.1 Å². The number of nitrogens with zero attached hydrogens (tertiary/aromatic N) is 3. The zero-order valence-corrected chi connectivity index (χ0v) is 16.5. The summed E-state index contributed by atoms with van der Waals surface area (Å²) in [6.07, 6.45) is 4.96. The first kappa shape index (κ1) is 18.5. The van der Waals surface area contributed by atoms with E-state index in [1.807, 2.05) is 23.1 Å². The Kier molecular flexibility index (Phi) is 5.30. The molecule has 0 saturated carbocycles. The maximum absolute atomic E-state index is 13.0. The Morgan fingerprint density at radius 3 is 2.82 bits per heavy atom. The first-order valence-electron chi connectivity index (χ1n) is 9.84. The molecule has 3 aromatic rings. The van der Waals surface area contributed by atoms with E-state index >= 15 is 0 Å². The monoisotopic (exact) mass is 377 g/mol. The molecule has 1 saturated heterocycles. The first-order chi connectivity index (χ1) is 13.6. The molecule has 2 amide bonds. The lowest BCUT2D eigenvalue weighted by atomic mass is 9.95. The molecule has 1 atom stereocenters. The lowest BCUT2D eigenvalue weighted by Gasteiger charge is -2.36. The van der Waals surface area contributed by atoms with Gasteiger partial charge in [-0.05, 0) is 62.7 Å². The number of aromatic amines is 1. The van der Waals surface area contributed by atoms with Gasteiger partial charge in [-0.25, -0.2) is 4.79 Å². The molecule has 28 heavy (non-hydrogen) atoms. The quantitative estimate of drug-likeness (QED) is 0.709. The van der Waals surface area contributed by atoms with Crippen molar-refractivity contribution in [2.24, 2.45) is 0 Å². The van der Waals surface area contributed by atoms with Gasteiger partial charge in [-0.1, -0.05) is 24.3 Å². The molecule has 0 bridgehead atoms. The molecule has 2 N–H and O–H groups in total. The third-order valence-corrected chi connectivity index (χ3v) is 5.32. The van der Waals surface area contributed by atoms with Crippen LogP contribution in [0.5, 0.6) is 0 Å². The van der Waals surface area contributed by atoms with Gasteiger partial charge in [-0.2, -0.15) is 5.10 Å². The van der Waals surface area contributed by atoms with Gasteiger partial charge in [0.05, 0.1) is 17.8 Å². The number of aromatic nitrogens is 2. The number of urea groups is 1. The lowest BCUT2D eigenvalue weighted by molar-refractivity contribution is 0.163. The Bertz CT molecular complexity index is 947. The van der Waals surface area contributed by atoms with E-state index in [0.717, 1.165) is 48.9 Å². The van der Waals surface area contributed by atoms with Crippen LogP contribution in [0.4, 0.5) is 10.5 Å². The topological polar surface area (TPSA) is 64.3 Å². The zero-order chi connectivity index (χ0) is 19.5. The highest BCUT2D eigenvalue weighted by Gasteiger charge is 2.28. The van der Waals surface area contributed by atoms with Gasteiger partial charge in [0.15, 0.2) is 0 Å². The summed E-state index contributed by atoms with van der Waals surface area (Å²) in [4.78, 5) is 17.2. The van der Waals surface area contributed by atoms with Gasteiger partial charge in [-0.15, -0.1) is 0 Å². The number of anilines is 1. The SMILES string of the molecule is CN(C)Cc1ccc([C@H]2CCCCN2C(=O)Nc2ccc3[nH]ncc3c2)cc1. The van der Waals surface area contributed by atoms with E-state index in [4.69, 9.17) is 0 Å². The fourth-order valence-corrected chi connectivity index (χ4v) is 3.95. The van der Waals surface area contributed by atoms with Crippen LogP contribution in [0, 0.1) is 0 Å². The van der Waals surface area contributed by atoms with Gasteiger partial charge in [0.2, 0.25) is 0 Å². The highest BCUT2D eigenvalue weighted by Crippen LogP contribution is 2.32. The van der Waals surface area contributed by atoms with Crippen LogP contribution >= 0.6 is 0 Å². The van der Waals surface area contributed by atoms with E-state index in [2.05, 4.69) is 58.8 Å². The van der Waals surface area contributed by atoms with E-state index in [9.17, 15) is 4.79 Å². The van der Waals surface area contributed by atoms with Crippen LogP contribution in [0.1, 0.15) is 36.4 Å². The van der Waals surface area contributed by atoms with Crippen molar-refractivity contribution in [1.82, 2.24) is 20.0 Å². The number of H-pyrrole nitrogens is 1. The summed E-state index contributed by atoms with van der Waals surface area (Å²) in [5, 5.41) is 11.0. The van der Waals surface area contributed by atoms with Crippen molar-refractivity contribution in [3.8, 4) is 0 Å². The minimum Gasteiger partial charge on any atom is -0.317 e. The van der Waals surface area contributed by atoms with E-state index < -0.39 is 0 Å². The molecule has 0 spiro atoms. The van der Waals surface area contributed by atoms with E-state index in [1.54, 1.807) is 6.20 Å². The van der Waals surface area contributed by atoms with Crippen LogP contribution in [0.2, 0.25) is 0 Å². The molecule has 1 aliphatic heterocycles. The number of carbonyl (C=O) groups is 1. The zero-order valence-electron chi connectivity index (χ0n) is 16.5. The van der Waals surface area contributed by atoms with Gasteiger partial charge >= 0.3 is 6.03 Å². The first-order valence-corrected chi connectivity index (χ1v) is 9.84. The predicted octanol–water partition coefficient (Wildman–Crippen LogP) is 4.38. The second-order valence-corrected chi connectivity index (χ2v) is 7.79. The molecular formula is C22H27N5O. The van der Waals surface area contributed by atoms with Crippen molar-refractivity contribution in [2.45, 2.75) is 31.8 Å². The van der Waals surface area contributed by atoms with Crippen LogP contribution in [0.15, 0.2) is 48.7 Å². The van der Waals surface area contributed by atoms with Gasteiger partial charge in [-0.3, -0.25) is 5.10 Å². The lowest BCUT2D eigenvalue weighted by Crippen LogP contribution is -2.41. The maximum Gasteiger partial charge on any atom is 0.322 e. The number of hydrogen-bond donors (Lipinski definition) is 2. The average molecular weight is 377 g/mol. The number of likely N-dealkylation sites (tertiary alicyclic amines) is 1. The fourth-order valence-electron chi connectivity index (χ4n) is 3.95. The summed E-state index contributed by atoms with van der Waals surface area (Å²) < 4.78 is 0. The number of amides is 2. The number of fused-ring (bicyclic) bond motifs is 1. The van der Waals surface area contributed by atoms with Gasteiger partial charge in [0, 0.05) is 24.2 Å². The summed E-state index contributed by atoms with van der Waals surface area (Å²) in [7, 11) is 4.14. The van der Waals surface area contributed by atoms with Gasteiger partial charge in [0.1, 0.15) is 0 Å². The second kappa shape index (κ2) is 8.02. The van der Waals surface area contributed by atoms with E-state index in [-0.39, 0.29) is 12.1 Å². The standard InChI is InChI=1S/C22H27N5O/c1-26(2)15-16-6-8-17(9-7-16)21-5-3-4-12-27(21)22(28)24-19-10-11-20-18(13-19)14-23-25-20/h6-11,13-14,21H,3-5,12,15H2,1-2H3,(H,23,25)(H,24,28)/t21-/m1/s1. The molecule has 1 fully saturated rings. The molecule has 6 heteroatoms. The Labute approximate surface area is 165 Å². The van der Waals surface area contributed by atoms with Crippen molar-refractivity contribution >= 4 is 22.6 Å². The molecule has 0 unspecified atom stereocenters. The van der Waals surface area contributed by atoms with Crippen molar-refractivity contribution in [3.63, 3.8) is 0 Å². The van der Waals surface area contributed by atoms with Crippen LogP contribution in [-0.4, -0.2) is 46.7 Å². The number of hydrogen-bond acceptors (Lipinski definition) is 3. The minimum absolute atomic E-state index is 0.0371. The maximum atomic E-state index is 13.0. The van der Waals surface area contributed by atoms with Crippen LogP contribution in [0.3, 0.4) is 0 Å². The van der Waals surface area contributed by atoms with Crippen LogP contribution in [0.25, 0.3) is 10.9 Å². The molecule has 1 aromatic heterocycles. The van der Waals surface area contributed by atoms with Gasteiger partial charge in [0.25, 0.3) is 0 Å². The normalized spacial score (nSPS) is 17.2. The summed E-state index contributed by atoms with van der Waals surface area (Å²) >= 11 is 0. The van der Waals surface area contributed by atoms with Crippen molar-refractivity contribution in [2.75, 3.05) is 26.0 Å². The summed E-state index contributed by atoms with van der Waals surface area (Å²) in [5.41, 5.74) is 4.26. The third kappa shape index (κ3) is 4.02. The highest BCUT2D eigenvalue weighted by atomic mass is 16.2. The summed E-state index contributed by atoms with van der Waals surface area (Å²) in [6.45, 7) is 1.70. The molecule has 4 rings (SSSR count). The highest BCUT2D eigenvalue weighted by molar-refractivity contribution is 5.92. The number of nitrogens with one attached hydrogen (secondary N) is 2. The van der Waals surface area contributed by atoms with Crippen molar-refractivity contribution in [1.29, 1.82) is 0 Å². The van der Waals surface area contributed by atoms with Crippen LogP contribution < -0.4 is 5.32 Å². The van der Waals surface area contributed by atoms with E-state index in [1.165, 1.54) is 11.1 Å². The smallest absolute Gasteiger partial charge is 0.317 e. The van der Waals surface area contributed by atoms with Crippen molar-refractivity contribution in [3.05, 3.63) is 59.8 Å². The molecule has 1 aliphatic rings. The van der Waals surface area contributed by atoms with Crippen LogP contribution in [-0.2, 0) is 6.54 Å². The Morgan fingerprint density at radius 2 is 2.04 bits per heavy atom. The Balaban J connectivity index is 1.50. The predicted molar refractivity (Wildman–Crippen MR) is 112 cm³/mol. The molecular weight excluding hydrogens is 350 g/mol. The number of carbonyl (C=O) groups excluding carboxylic acids is 1. The number of piperidine rings is 1. The summed E-state index contributed by atoms with van der Waals surface area (Å²) in [6, 6.07) is 14.6. The van der Waals surface area contributed by atoms with Crippen molar-refractivity contribution < 1.29 is 4.79 Å².